The van der Waals surface area contributed by atoms with Crippen LogP contribution in [0.3, 0.4) is 0 Å². The van der Waals surface area contributed by atoms with E-state index in [9.17, 15) is 37.4 Å². The highest BCUT2D eigenvalue weighted by Crippen LogP contribution is 2.39. The van der Waals surface area contributed by atoms with Gasteiger partial charge in [-0.1, -0.05) is 30.7 Å². The minimum atomic E-state index is -4.88. The lowest BCUT2D eigenvalue weighted by molar-refractivity contribution is -0.147. The number of aliphatic hydroxyl groups excluding tert-OH is 1. The first-order valence-corrected chi connectivity index (χ1v) is 10.5. The second-order valence-corrected chi connectivity index (χ2v) is 8.49. The van der Waals surface area contributed by atoms with Crippen molar-refractivity contribution in [2.45, 2.75) is 25.6 Å². The molecule has 0 radical (unpaired) electrons. The summed E-state index contributed by atoms with van der Waals surface area (Å²) in [7, 11) is 0. The van der Waals surface area contributed by atoms with Crippen molar-refractivity contribution in [1.82, 2.24) is 9.78 Å². The Morgan fingerprint density at radius 2 is 1.85 bits per heavy atom. The average Bonchev–Trinajstić information content (AvgIpc) is 3.13. The quantitative estimate of drug-likeness (QED) is 0.497. The molecule has 1 heterocycles. The lowest BCUT2D eigenvalue weighted by atomic mass is 9.78. The topological polar surface area (TPSA) is 92.4 Å². The Balaban J connectivity index is 1.93. The van der Waals surface area contributed by atoms with Gasteiger partial charge in [-0.2, -0.15) is 23.0 Å². The van der Waals surface area contributed by atoms with Crippen LogP contribution in [0.5, 0.6) is 0 Å². The van der Waals surface area contributed by atoms with Crippen molar-refractivity contribution in [1.29, 1.82) is 0 Å². The monoisotopic (exact) mass is 496 g/mol. The minimum Gasteiger partial charge on any atom is -0.481 e. The number of halogens is 5. The first kappa shape index (κ1) is 23.9. The molecule has 3 unspecified atom stereocenters. The van der Waals surface area contributed by atoms with Gasteiger partial charge in [0.1, 0.15) is 5.82 Å². The van der Waals surface area contributed by atoms with Gasteiger partial charge in [-0.3, -0.25) is 9.59 Å². The molecule has 3 aromatic rings. The van der Waals surface area contributed by atoms with E-state index < -0.39 is 58.0 Å². The third-order valence-corrected chi connectivity index (χ3v) is 6.18. The number of aromatic nitrogens is 2. The molecule has 4 rings (SSSR count). The molecule has 0 bridgehead atoms. The first-order valence-electron chi connectivity index (χ1n) is 10.1. The predicted molar refractivity (Wildman–Crippen MR) is 115 cm³/mol. The zero-order valence-electron chi connectivity index (χ0n) is 17.5. The molecule has 178 valence electrons. The van der Waals surface area contributed by atoms with Crippen LogP contribution in [-0.4, -0.2) is 38.0 Å². The Kier molecular flexibility index (Phi) is 5.99. The van der Waals surface area contributed by atoms with E-state index in [0.29, 0.717) is 10.7 Å². The summed E-state index contributed by atoms with van der Waals surface area (Å²) in [6.45, 7) is 1.59. The summed E-state index contributed by atoms with van der Waals surface area (Å²) in [5.74, 6) is -4.86. The van der Waals surface area contributed by atoms with Crippen molar-refractivity contribution in [3.63, 3.8) is 0 Å². The van der Waals surface area contributed by atoms with Crippen LogP contribution < -0.4 is 0 Å². The number of carboxylic acids is 1. The predicted octanol–water partition coefficient (Wildman–Crippen LogP) is 5.02. The number of carbonyl (C=O) groups excluding carboxylic acids is 1. The maximum Gasteiger partial charge on any atom is 0.417 e. The van der Waals surface area contributed by atoms with Gasteiger partial charge in [0.15, 0.2) is 0 Å². The Hall–Kier alpha value is -3.24. The number of nitrogens with zero attached hydrogens (tertiary/aromatic N) is 2. The molecular weight excluding hydrogens is 480 g/mol. The second-order valence-electron chi connectivity index (χ2n) is 8.09. The SMILES string of the molecule is CC1CC(c2nn(C(=O)c3c(Cl)cccc3C(F)(F)F)c3cccc(F)c23)=CC(O)C1C(=O)O. The van der Waals surface area contributed by atoms with E-state index in [2.05, 4.69) is 5.10 Å². The van der Waals surface area contributed by atoms with Crippen LogP contribution in [0.15, 0.2) is 42.5 Å². The highest BCUT2D eigenvalue weighted by molar-refractivity contribution is 6.34. The van der Waals surface area contributed by atoms with Gasteiger partial charge in [0.2, 0.25) is 0 Å². The zero-order valence-corrected chi connectivity index (χ0v) is 18.2. The molecule has 2 N–H and O–H groups in total. The number of alkyl halides is 3. The van der Waals surface area contributed by atoms with Crippen molar-refractivity contribution < 1.29 is 37.4 Å². The van der Waals surface area contributed by atoms with E-state index in [0.717, 1.165) is 18.2 Å². The second kappa shape index (κ2) is 8.52. The fraction of sp³-hybridized carbons (Fsp3) is 0.261. The van der Waals surface area contributed by atoms with Crippen LogP contribution >= 0.6 is 11.6 Å². The molecule has 0 saturated carbocycles. The summed E-state index contributed by atoms with van der Waals surface area (Å²) >= 11 is 5.97. The van der Waals surface area contributed by atoms with Crippen LogP contribution in [0.4, 0.5) is 17.6 Å². The van der Waals surface area contributed by atoms with Gasteiger partial charge in [0.25, 0.3) is 5.91 Å². The Morgan fingerprint density at radius 3 is 2.47 bits per heavy atom. The van der Waals surface area contributed by atoms with Crippen LogP contribution in [0.1, 0.15) is 35.0 Å². The largest absolute Gasteiger partial charge is 0.481 e. The van der Waals surface area contributed by atoms with Crippen LogP contribution in [0, 0.1) is 17.7 Å². The standard InChI is InChI=1S/C23H17ClF4N2O4/c1-10-8-11(9-16(31)17(10)22(33)34)20-19-14(25)6-3-7-15(19)30(29-20)21(32)18-12(23(26,27)28)4-2-5-13(18)24/h2-7,9-10,16-17,31H,8H2,1H3,(H,33,34). The number of carbonyl (C=O) groups is 2. The summed E-state index contributed by atoms with van der Waals surface area (Å²) in [6, 6.07) is 6.59. The van der Waals surface area contributed by atoms with Crippen LogP contribution in [0.25, 0.3) is 16.5 Å². The normalized spacial score (nSPS) is 20.9. The number of benzene rings is 2. The number of fused-ring (bicyclic) bond motifs is 1. The van der Waals surface area contributed by atoms with Gasteiger partial charge >= 0.3 is 12.1 Å². The highest BCUT2D eigenvalue weighted by Gasteiger charge is 2.39. The van der Waals surface area contributed by atoms with Crippen molar-refractivity contribution in [2.24, 2.45) is 11.8 Å². The van der Waals surface area contributed by atoms with Crippen LogP contribution in [0.2, 0.25) is 5.02 Å². The molecule has 0 spiro atoms. The van der Waals surface area contributed by atoms with Crippen molar-refractivity contribution in [3.8, 4) is 0 Å². The van der Waals surface area contributed by atoms with Crippen molar-refractivity contribution in [2.75, 3.05) is 0 Å². The number of aliphatic hydroxyl groups is 1. The lowest BCUT2D eigenvalue weighted by Gasteiger charge is -2.29. The van der Waals surface area contributed by atoms with Crippen LogP contribution in [-0.2, 0) is 11.0 Å². The van der Waals surface area contributed by atoms with E-state index in [1.807, 2.05) is 0 Å². The van der Waals surface area contributed by atoms with E-state index >= 15 is 0 Å². The fourth-order valence-electron chi connectivity index (χ4n) is 4.34. The molecule has 1 aliphatic carbocycles. The summed E-state index contributed by atoms with van der Waals surface area (Å²) in [6.07, 6.45) is -4.98. The Morgan fingerprint density at radius 1 is 1.18 bits per heavy atom. The summed E-state index contributed by atoms with van der Waals surface area (Å²) in [5.41, 5.74) is -2.01. The van der Waals surface area contributed by atoms with E-state index in [1.54, 1.807) is 6.92 Å². The van der Waals surface area contributed by atoms with Gasteiger partial charge in [-0.15, -0.1) is 0 Å². The minimum absolute atomic E-state index is 0.0724. The first-order chi connectivity index (χ1) is 15.9. The third-order valence-electron chi connectivity index (χ3n) is 5.87. The number of allylic oxidation sites excluding steroid dienone is 1. The van der Waals surface area contributed by atoms with Gasteiger partial charge in [0, 0.05) is 0 Å². The number of rotatable bonds is 3. The molecule has 0 fully saturated rings. The molecule has 3 atom stereocenters. The van der Waals surface area contributed by atoms with Crippen molar-refractivity contribution >= 4 is 40.0 Å². The summed E-state index contributed by atoms with van der Waals surface area (Å²) in [5, 5.41) is 23.2. The molecule has 1 aromatic heterocycles. The molecule has 0 saturated heterocycles. The van der Waals surface area contributed by atoms with E-state index in [4.69, 9.17) is 11.6 Å². The van der Waals surface area contributed by atoms with Crippen molar-refractivity contribution in [3.05, 3.63) is 70.1 Å². The summed E-state index contributed by atoms with van der Waals surface area (Å²) in [4.78, 5) is 24.7. The lowest BCUT2D eigenvalue weighted by Crippen LogP contribution is -2.35. The molecule has 0 amide bonds. The number of aliphatic carboxylic acids is 1. The number of hydrogen-bond donors (Lipinski definition) is 2. The van der Waals surface area contributed by atoms with Gasteiger partial charge in [-0.05, 0) is 48.3 Å². The molecule has 11 heteroatoms. The molecule has 2 aromatic carbocycles. The molecule has 6 nitrogen and oxygen atoms in total. The number of carboxylic acid groups (broad SMARTS) is 1. The molecular formula is C23H17ClF4N2O4. The molecule has 34 heavy (non-hydrogen) atoms. The van der Waals surface area contributed by atoms with E-state index in [1.165, 1.54) is 18.2 Å². The maximum atomic E-state index is 14.9. The smallest absolute Gasteiger partial charge is 0.417 e. The fourth-order valence-corrected chi connectivity index (χ4v) is 4.60. The maximum absolute atomic E-state index is 14.9. The third kappa shape index (κ3) is 3.97. The molecule has 1 aliphatic rings. The van der Waals surface area contributed by atoms with E-state index in [-0.39, 0.29) is 28.6 Å². The molecule has 0 aliphatic heterocycles. The Bertz CT molecular complexity index is 1350. The zero-order chi connectivity index (χ0) is 24.9. The van der Waals surface area contributed by atoms with Gasteiger partial charge in [-0.25, -0.2) is 4.39 Å². The Labute approximate surface area is 195 Å². The highest BCUT2D eigenvalue weighted by atomic mass is 35.5. The number of hydrogen-bond acceptors (Lipinski definition) is 4. The average molecular weight is 497 g/mol. The van der Waals surface area contributed by atoms with Gasteiger partial charge in [0.05, 0.1) is 44.8 Å². The summed E-state index contributed by atoms with van der Waals surface area (Å²) < 4.78 is 56.3. The van der Waals surface area contributed by atoms with Gasteiger partial charge < -0.3 is 10.2 Å².